The zero-order chi connectivity index (χ0) is 9.86. The summed E-state index contributed by atoms with van der Waals surface area (Å²) in [4.78, 5) is 0. The number of rotatable bonds is 3. The fraction of sp³-hybridized carbons (Fsp3) is 0.636. The topological polar surface area (TPSA) is 12.0 Å². The van der Waals surface area contributed by atoms with Gasteiger partial charge in [-0.25, -0.2) is 4.39 Å². The van der Waals surface area contributed by atoms with Crippen molar-refractivity contribution in [1.29, 1.82) is 0 Å². The molecule has 1 aliphatic rings. The molecule has 2 heterocycles. The van der Waals surface area contributed by atoms with Crippen LogP contribution in [0.1, 0.15) is 24.8 Å². The molecule has 0 saturated carbocycles. The Morgan fingerprint density at radius 3 is 3.14 bits per heavy atom. The molecule has 0 spiro atoms. The van der Waals surface area contributed by atoms with E-state index in [1.165, 1.54) is 5.56 Å². The van der Waals surface area contributed by atoms with Crippen molar-refractivity contribution in [2.45, 2.75) is 31.4 Å². The van der Waals surface area contributed by atoms with Crippen molar-refractivity contribution in [3.63, 3.8) is 0 Å². The summed E-state index contributed by atoms with van der Waals surface area (Å²) in [6.45, 7) is 1.52. The predicted molar refractivity (Wildman–Crippen MR) is 58.6 cm³/mol. The highest BCUT2D eigenvalue weighted by molar-refractivity contribution is 7.07. The number of hydrogen-bond acceptors (Lipinski definition) is 2. The van der Waals surface area contributed by atoms with Crippen LogP contribution < -0.4 is 5.32 Å². The summed E-state index contributed by atoms with van der Waals surface area (Å²) in [5, 5.41) is 7.30. The zero-order valence-corrected chi connectivity index (χ0v) is 9.08. The van der Waals surface area contributed by atoms with Gasteiger partial charge in [0, 0.05) is 6.54 Å². The van der Waals surface area contributed by atoms with Gasteiger partial charge in [-0.2, -0.15) is 11.3 Å². The third kappa shape index (κ3) is 2.55. The van der Waals surface area contributed by atoms with Crippen LogP contribution in [0, 0.1) is 0 Å². The zero-order valence-electron chi connectivity index (χ0n) is 8.26. The standard InChI is InChI=1S/C11H16FNS/c12-11(4-1-6-13-9-11)5-2-10-3-7-14-8-10/h3,7-8,13H,1-2,4-6,9H2. The first-order valence-electron chi connectivity index (χ1n) is 5.19. The van der Waals surface area contributed by atoms with E-state index in [-0.39, 0.29) is 0 Å². The average molecular weight is 213 g/mol. The van der Waals surface area contributed by atoms with Crippen LogP contribution >= 0.6 is 11.3 Å². The molecule has 1 aromatic heterocycles. The molecular weight excluding hydrogens is 197 g/mol. The molecule has 78 valence electrons. The molecule has 0 amide bonds. The summed E-state index contributed by atoms with van der Waals surface area (Å²) in [6.07, 6.45) is 3.24. The summed E-state index contributed by atoms with van der Waals surface area (Å²) in [5.41, 5.74) is 0.317. The summed E-state index contributed by atoms with van der Waals surface area (Å²) in [7, 11) is 0. The Morgan fingerprint density at radius 1 is 1.57 bits per heavy atom. The van der Waals surface area contributed by atoms with Crippen molar-refractivity contribution in [2.24, 2.45) is 0 Å². The molecule has 0 bridgehead atoms. The van der Waals surface area contributed by atoms with Gasteiger partial charge in [-0.1, -0.05) is 0 Å². The number of hydrogen-bond donors (Lipinski definition) is 1. The Hall–Kier alpha value is -0.410. The summed E-state index contributed by atoms with van der Waals surface area (Å²) < 4.78 is 14.1. The molecule has 1 nitrogen and oxygen atoms in total. The maximum Gasteiger partial charge on any atom is 0.123 e. The van der Waals surface area contributed by atoms with Crippen LogP contribution in [-0.4, -0.2) is 18.8 Å². The van der Waals surface area contributed by atoms with E-state index >= 15 is 0 Å². The average Bonchev–Trinajstić information content (AvgIpc) is 2.69. The second-order valence-corrected chi connectivity index (χ2v) is 4.84. The van der Waals surface area contributed by atoms with Crippen molar-refractivity contribution in [1.82, 2.24) is 5.32 Å². The van der Waals surface area contributed by atoms with Gasteiger partial charge < -0.3 is 5.32 Å². The van der Waals surface area contributed by atoms with E-state index in [0.717, 1.165) is 25.8 Å². The van der Waals surface area contributed by atoms with Crippen molar-refractivity contribution >= 4 is 11.3 Å². The molecule has 1 unspecified atom stereocenters. The van der Waals surface area contributed by atoms with E-state index in [1.54, 1.807) is 11.3 Å². The second kappa shape index (κ2) is 4.41. The lowest BCUT2D eigenvalue weighted by Gasteiger charge is -2.30. The number of piperidine rings is 1. The summed E-state index contributed by atoms with van der Waals surface area (Å²) in [5.74, 6) is 0. The van der Waals surface area contributed by atoms with E-state index in [4.69, 9.17) is 0 Å². The largest absolute Gasteiger partial charge is 0.314 e. The van der Waals surface area contributed by atoms with Crippen LogP contribution in [0.4, 0.5) is 4.39 Å². The Kier molecular flexibility index (Phi) is 3.19. The Morgan fingerprint density at radius 2 is 2.50 bits per heavy atom. The minimum atomic E-state index is -0.958. The van der Waals surface area contributed by atoms with Gasteiger partial charge in [0.1, 0.15) is 5.67 Å². The highest BCUT2D eigenvalue weighted by Gasteiger charge is 2.30. The molecule has 1 aromatic rings. The van der Waals surface area contributed by atoms with Crippen molar-refractivity contribution < 1.29 is 4.39 Å². The minimum Gasteiger partial charge on any atom is -0.314 e. The van der Waals surface area contributed by atoms with E-state index in [9.17, 15) is 4.39 Å². The molecule has 3 heteroatoms. The maximum absolute atomic E-state index is 14.1. The van der Waals surface area contributed by atoms with E-state index in [2.05, 4.69) is 22.1 Å². The highest BCUT2D eigenvalue weighted by Crippen LogP contribution is 2.26. The lowest BCUT2D eigenvalue weighted by Crippen LogP contribution is -2.42. The van der Waals surface area contributed by atoms with Crippen LogP contribution in [-0.2, 0) is 6.42 Å². The molecule has 2 rings (SSSR count). The fourth-order valence-electron chi connectivity index (χ4n) is 1.95. The first kappa shape index (κ1) is 10.1. The Labute approximate surface area is 88.3 Å². The van der Waals surface area contributed by atoms with Gasteiger partial charge in [-0.3, -0.25) is 0 Å². The third-order valence-electron chi connectivity index (χ3n) is 2.86. The first-order valence-corrected chi connectivity index (χ1v) is 6.14. The lowest BCUT2D eigenvalue weighted by atomic mass is 9.90. The molecule has 1 fully saturated rings. The molecule has 1 N–H and O–H groups in total. The number of thiophene rings is 1. The molecule has 1 aliphatic heterocycles. The number of halogens is 1. The monoisotopic (exact) mass is 213 g/mol. The Balaban J connectivity index is 1.84. The fourth-order valence-corrected chi connectivity index (χ4v) is 2.65. The van der Waals surface area contributed by atoms with Gasteiger partial charge in [0.25, 0.3) is 0 Å². The van der Waals surface area contributed by atoms with Crippen LogP contribution in [0.3, 0.4) is 0 Å². The maximum atomic E-state index is 14.1. The highest BCUT2D eigenvalue weighted by atomic mass is 32.1. The Bertz CT molecular complexity index is 265. The smallest absolute Gasteiger partial charge is 0.123 e. The predicted octanol–water partition coefficient (Wildman–Crippen LogP) is 2.77. The summed E-state index contributed by atoms with van der Waals surface area (Å²) >= 11 is 1.69. The van der Waals surface area contributed by atoms with Gasteiger partial charge in [-0.05, 0) is 54.6 Å². The van der Waals surface area contributed by atoms with Gasteiger partial charge >= 0.3 is 0 Å². The van der Waals surface area contributed by atoms with Crippen LogP contribution in [0.15, 0.2) is 16.8 Å². The van der Waals surface area contributed by atoms with Crippen molar-refractivity contribution in [3.8, 4) is 0 Å². The first-order chi connectivity index (χ1) is 6.79. The minimum absolute atomic E-state index is 0.539. The van der Waals surface area contributed by atoms with Crippen LogP contribution in [0.25, 0.3) is 0 Å². The van der Waals surface area contributed by atoms with Crippen molar-refractivity contribution in [2.75, 3.05) is 13.1 Å². The van der Waals surface area contributed by atoms with Crippen molar-refractivity contribution in [3.05, 3.63) is 22.4 Å². The van der Waals surface area contributed by atoms with Crippen LogP contribution in [0.2, 0.25) is 0 Å². The van der Waals surface area contributed by atoms with Crippen LogP contribution in [0.5, 0.6) is 0 Å². The van der Waals surface area contributed by atoms with Gasteiger partial charge in [0.15, 0.2) is 0 Å². The number of aryl methyl sites for hydroxylation is 1. The molecule has 0 radical (unpaired) electrons. The number of nitrogens with one attached hydrogen (secondary N) is 1. The van der Waals surface area contributed by atoms with E-state index in [1.807, 2.05) is 0 Å². The molecule has 14 heavy (non-hydrogen) atoms. The normalized spacial score (nSPS) is 27.8. The second-order valence-electron chi connectivity index (χ2n) is 4.06. The molecule has 1 saturated heterocycles. The molecule has 1 atom stereocenters. The van der Waals surface area contributed by atoms with Gasteiger partial charge in [0.05, 0.1) is 0 Å². The van der Waals surface area contributed by atoms with Gasteiger partial charge in [-0.15, -0.1) is 0 Å². The van der Waals surface area contributed by atoms with E-state index < -0.39 is 5.67 Å². The van der Waals surface area contributed by atoms with E-state index in [0.29, 0.717) is 13.0 Å². The van der Waals surface area contributed by atoms with Gasteiger partial charge in [0.2, 0.25) is 0 Å². The SMILES string of the molecule is FC1(CCc2ccsc2)CCCNC1. The molecule has 0 aromatic carbocycles. The number of alkyl halides is 1. The third-order valence-corrected chi connectivity index (χ3v) is 3.59. The lowest BCUT2D eigenvalue weighted by molar-refractivity contribution is 0.112. The molecule has 0 aliphatic carbocycles. The quantitative estimate of drug-likeness (QED) is 0.814. The summed E-state index contributed by atoms with van der Waals surface area (Å²) in [6, 6.07) is 2.09. The molecular formula is C11H16FNS.